The molecule has 0 spiro atoms. The van der Waals surface area contributed by atoms with Crippen LogP contribution in [0.3, 0.4) is 0 Å². The highest BCUT2D eigenvalue weighted by Crippen LogP contribution is 2.33. The average Bonchev–Trinajstić information content (AvgIpc) is 3.11. The molecule has 0 atom stereocenters. The summed E-state index contributed by atoms with van der Waals surface area (Å²) in [7, 11) is 0. The number of ether oxygens (including phenoxy) is 3. The van der Waals surface area contributed by atoms with Crippen LogP contribution in [0.2, 0.25) is 0 Å². The third-order valence-corrected chi connectivity index (χ3v) is 4.68. The summed E-state index contributed by atoms with van der Waals surface area (Å²) >= 11 is 0. The van der Waals surface area contributed by atoms with Gasteiger partial charge in [-0.25, -0.2) is 10.0 Å². The van der Waals surface area contributed by atoms with E-state index in [0.29, 0.717) is 6.79 Å². The van der Waals surface area contributed by atoms with Crippen LogP contribution in [0.5, 0.6) is 11.5 Å². The number of rotatable bonds is 5. The Labute approximate surface area is 148 Å². The highest BCUT2D eigenvalue weighted by Gasteiger charge is 2.20. The van der Waals surface area contributed by atoms with E-state index in [1.807, 2.05) is 6.07 Å². The Kier molecular flexibility index (Phi) is 4.88. The molecule has 2 aliphatic rings. The second-order valence-corrected chi connectivity index (χ2v) is 6.56. The molecule has 132 valence electrons. The largest absolute Gasteiger partial charge is 0.454 e. The van der Waals surface area contributed by atoms with Gasteiger partial charge >= 0.3 is 0 Å². The maximum atomic E-state index is 5.52. The van der Waals surface area contributed by atoms with Gasteiger partial charge < -0.3 is 14.2 Å². The predicted molar refractivity (Wildman–Crippen MR) is 95.4 cm³/mol. The Morgan fingerprint density at radius 3 is 2.36 bits per heavy atom. The van der Waals surface area contributed by atoms with Crippen LogP contribution in [0.15, 0.2) is 42.5 Å². The van der Waals surface area contributed by atoms with Crippen molar-refractivity contribution in [1.82, 2.24) is 10.0 Å². The van der Waals surface area contributed by atoms with Gasteiger partial charge in [-0.3, -0.25) is 0 Å². The highest BCUT2D eigenvalue weighted by molar-refractivity contribution is 5.44. The molecule has 0 bridgehead atoms. The van der Waals surface area contributed by atoms with Crippen molar-refractivity contribution in [2.24, 2.45) is 0 Å². The van der Waals surface area contributed by atoms with Crippen LogP contribution in [0.1, 0.15) is 16.7 Å². The fourth-order valence-corrected chi connectivity index (χ4v) is 3.25. The molecular weight excluding hydrogens is 316 g/mol. The first-order valence-electron chi connectivity index (χ1n) is 8.79. The van der Waals surface area contributed by atoms with Gasteiger partial charge in [-0.05, 0) is 30.2 Å². The molecule has 2 aliphatic heterocycles. The van der Waals surface area contributed by atoms with Crippen LogP contribution in [-0.2, 0) is 17.8 Å². The SMILES string of the molecule is Cc1ccc(CN(Cc2ccc3c(c2)OCO3)N2CCOCC2)cc1. The van der Waals surface area contributed by atoms with E-state index >= 15 is 0 Å². The van der Waals surface area contributed by atoms with Crippen LogP contribution in [0.4, 0.5) is 0 Å². The molecule has 0 unspecified atom stereocenters. The molecule has 2 aromatic rings. The summed E-state index contributed by atoms with van der Waals surface area (Å²) in [4.78, 5) is 0. The summed E-state index contributed by atoms with van der Waals surface area (Å²) in [5.74, 6) is 1.68. The van der Waals surface area contributed by atoms with Crippen LogP contribution in [-0.4, -0.2) is 43.1 Å². The Bertz CT molecular complexity index is 711. The van der Waals surface area contributed by atoms with Crippen molar-refractivity contribution >= 4 is 0 Å². The summed E-state index contributed by atoms with van der Waals surface area (Å²) in [5.41, 5.74) is 3.83. The first-order chi connectivity index (χ1) is 12.3. The molecule has 4 rings (SSSR count). The van der Waals surface area contributed by atoms with E-state index in [4.69, 9.17) is 14.2 Å². The molecule has 5 nitrogen and oxygen atoms in total. The smallest absolute Gasteiger partial charge is 0.231 e. The Balaban J connectivity index is 1.52. The third kappa shape index (κ3) is 3.95. The topological polar surface area (TPSA) is 34.2 Å². The third-order valence-electron chi connectivity index (χ3n) is 4.68. The minimum absolute atomic E-state index is 0.315. The van der Waals surface area contributed by atoms with Gasteiger partial charge in [0.15, 0.2) is 11.5 Å². The zero-order valence-electron chi connectivity index (χ0n) is 14.6. The van der Waals surface area contributed by atoms with E-state index in [9.17, 15) is 0 Å². The van der Waals surface area contributed by atoms with E-state index < -0.39 is 0 Å². The average molecular weight is 340 g/mol. The minimum Gasteiger partial charge on any atom is -0.454 e. The van der Waals surface area contributed by atoms with Crippen LogP contribution < -0.4 is 9.47 Å². The normalized spacial score (nSPS) is 17.2. The van der Waals surface area contributed by atoms with Gasteiger partial charge in [0.05, 0.1) is 13.2 Å². The summed E-state index contributed by atoms with van der Waals surface area (Å²) in [6.07, 6.45) is 0. The molecule has 1 fully saturated rings. The Hall–Kier alpha value is -2.08. The van der Waals surface area contributed by atoms with E-state index in [1.165, 1.54) is 16.7 Å². The zero-order valence-corrected chi connectivity index (χ0v) is 14.6. The van der Waals surface area contributed by atoms with Crippen molar-refractivity contribution in [3.05, 3.63) is 59.2 Å². The van der Waals surface area contributed by atoms with Crippen molar-refractivity contribution < 1.29 is 14.2 Å². The number of benzene rings is 2. The van der Waals surface area contributed by atoms with Gasteiger partial charge in [0.2, 0.25) is 6.79 Å². The fourth-order valence-electron chi connectivity index (χ4n) is 3.25. The lowest BCUT2D eigenvalue weighted by Crippen LogP contribution is -2.47. The maximum absolute atomic E-state index is 5.52. The standard InChI is InChI=1S/C20H24N2O3/c1-16-2-4-17(5-3-16)13-22(21-8-10-23-11-9-21)14-18-6-7-19-20(12-18)25-15-24-19/h2-7,12H,8-11,13-15H2,1H3. The second kappa shape index (κ2) is 7.44. The molecule has 5 heteroatoms. The summed E-state index contributed by atoms with van der Waals surface area (Å²) in [5, 5.41) is 4.80. The van der Waals surface area contributed by atoms with Gasteiger partial charge in [-0.1, -0.05) is 35.9 Å². The molecule has 2 aromatic carbocycles. The molecule has 0 radical (unpaired) electrons. The monoisotopic (exact) mass is 340 g/mol. The zero-order chi connectivity index (χ0) is 17.1. The minimum atomic E-state index is 0.315. The number of hydrogen-bond donors (Lipinski definition) is 0. The second-order valence-electron chi connectivity index (χ2n) is 6.56. The number of nitrogens with zero attached hydrogens (tertiary/aromatic N) is 2. The lowest BCUT2D eigenvalue weighted by Gasteiger charge is -2.37. The number of fused-ring (bicyclic) bond motifs is 1. The van der Waals surface area contributed by atoms with Crippen LogP contribution in [0, 0.1) is 6.92 Å². The van der Waals surface area contributed by atoms with Crippen molar-refractivity contribution in [1.29, 1.82) is 0 Å². The van der Waals surface area contributed by atoms with Crippen molar-refractivity contribution in [2.75, 3.05) is 33.1 Å². The van der Waals surface area contributed by atoms with Crippen molar-refractivity contribution in [3.63, 3.8) is 0 Å². The van der Waals surface area contributed by atoms with Crippen molar-refractivity contribution in [2.45, 2.75) is 20.0 Å². The Morgan fingerprint density at radius 1 is 0.880 bits per heavy atom. The number of hydrazine groups is 1. The number of aryl methyl sites for hydroxylation is 1. The summed E-state index contributed by atoms with van der Waals surface area (Å²) < 4.78 is 16.5. The molecule has 0 aromatic heterocycles. The fraction of sp³-hybridized carbons (Fsp3) is 0.400. The first kappa shape index (κ1) is 16.4. The van der Waals surface area contributed by atoms with Gasteiger partial charge in [0.1, 0.15) is 0 Å². The van der Waals surface area contributed by atoms with Crippen LogP contribution >= 0.6 is 0 Å². The summed E-state index contributed by atoms with van der Waals surface area (Å²) in [6.45, 7) is 7.58. The Morgan fingerprint density at radius 2 is 1.56 bits per heavy atom. The molecule has 0 aliphatic carbocycles. The molecular formula is C20H24N2O3. The lowest BCUT2D eigenvalue weighted by molar-refractivity contribution is -0.101. The van der Waals surface area contributed by atoms with Gasteiger partial charge in [0, 0.05) is 26.2 Å². The lowest BCUT2D eigenvalue weighted by atomic mass is 10.1. The number of morpholine rings is 1. The molecule has 25 heavy (non-hydrogen) atoms. The van der Waals surface area contributed by atoms with Gasteiger partial charge in [0.25, 0.3) is 0 Å². The quantitative estimate of drug-likeness (QED) is 0.836. The van der Waals surface area contributed by atoms with E-state index in [0.717, 1.165) is 50.9 Å². The van der Waals surface area contributed by atoms with E-state index in [-0.39, 0.29) is 0 Å². The molecule has 0 N–H and O–H groups in total. The number of hydrogen-bond acceptors (Lipinski definition) is 5. The van der Waals surface area contributed by atoms with E-state index in [1.54, 1.807) is 0 Å². The predicted octanol–water partition coefficient (Wildman–Crippen LogP) is 2.97. The highest BCUT2D eigenvalue weighted by atomic mass is 16.7. The maximum Gasteiger partial charge on any atom is 0.231 e. The van der Waals surface area contributed by atoms with Gasteiger partial charge in [-0.2, -0.15) is 0 Å². The first-order valence-corrected chi connectivity index (χ1v) is 8.79. The van der Waals surface area contributed by atoms with Gasteiger partial charge in [-0.15, -0.1) is 0 Å². The molecule has 2 heterocycles. The van der Waals surface area contributed by atoms with Crippen LogP contribution in [0.25, 0.3) is 0 Å². The van der Waals surface area contributed by atoms with E-state index in [2.05, 4.69) is 53.3 Å². The molecule has 0 saturated carbocycles. The van der Waals surface area contributed by atoms with Crippen molar-refractivity contribution in [3.8, 4) is 11.5 Å². The molecule has 0 amide bonds. The summed E-state index contributed by atoms with van der Waals surface area (Å²) in [6, 6.07) is 15.0. The molecule has 1 saturated heterocycles.